The molecule has 0 unspecified atom stereocenters. The van der Waals surface area contributed by atoms with Crippen molar-refractivity contribution in [2.75, 3.05) is 20.8 Å². The summed E-state index contributed by atoms with van der Waals surface area (Å²) >= 11 is 0. The van der Waals surface area contributed by atoms with E-state index in [1.807, 2.05) is 0 Å². The molecule has 1 fully saturated rings. The summed E-state index contributed by atoms with van der Waals surface area (Å²) in [7, 11) is -2.69. The molecule has 1 aromatic carbocycles. The second kappa shape index (κ2) is 8.99. The predicted molar refractivity (Wildman–Crippen MR) is 129 cm³/mol. The van der Waals surface area contributed by atoms with E-state index in [0.29, 0.717) is 11.5 Å². The molecular weight excluding hydrogens is 446 g/mol. The van der Waals surface area contributed by atoms with Gasteiger partial charge in [0.1, 0.15) is 16.9 Å². The molecule has 0 radical (unpaired) electrons. The number of methoxy groups -OCH3 is 2. The van der Waals surface area contributed by atoms with Crippen molar-refractivity contribution in [2.24, 2.45) is 5.92 Å². The molecule has 1 saturated heterocycles. The molecule has 9 heteroatoms. The highest BCUT2D eigenvalue weighted by molar-refractivity contribution is 7.93. The van der Waals surface area contributed by atoms with Gasteiger partial charge in [0, 0.05) is 18.2 Å². The Hall–Kier alpha value is -1.58. The van der Waals surface area contributed by atoms with Gasteiger partial charge in [-0.2, -0.15) is 0 Å². The first kappa shape index (κ1) is 26.7. The summed E-state index contributed by atoms with van der Waals surface area (Å²) in [4.78, 5) is 14.6. The van der Waals surface area contributed by atoms with Gasteiger partial charge >= 0.3 is 0 Å². The van der Waals surface area contributed by atoms with Gasteiger partial charge in [-0.15, -0.1) is 0 Å². The van der Waals surface area contributed by atoms with Gasteiger partial charge in [0.05, 0.1) is 31.4 Å². The number of hydrogen-bond donors (Lipinski definition) is 0. The molecular formula is C23H39NO6SSi. The van der Waals surface area contributed by atoms with Crippen LogP contribution in [-0.2, 0) is 25.6 Å². The normalized spacial score (nSPS) is 20.2. The number of nitrogens with zero attached hydrogens (tertiary/aromatic N) is 1. The lowest BCUT2D eigenvalue weighted by Gasteiger charge is -2.49. The molecule has 0 saturated carbocycles. The number of β-lactam (4-membered cyclic amide) rings is 1. The largest absolute Gasteiger partial charge is 0.497 e. The lowest BCUT2D eigenvalue weighted by atomic mass is 9.98. The molecule has 1 aromatic rings. The number of rotatable bonds is 8. The van der Waals surface area contributed by atoms with E-state index in [9.17, 15) is 13.2 Å². The third-order valence-electron chi connectivity index (χ3n) is 6.69. The predicted octanol–water partition coefficient (Wildman–Crippen LogP) is 4.22. The maximum Gasteiger partial charge on any atom is 0.232 e. The van der Waals surface area contributed by atoms with Gasteiger partial charge in [-0.3, -0.25) is 4.79 Å². The first-order valence-corrected chi connectivity index (χ1v) is 15.3. The van der Waals surface area contributed by atoms with Crippen LogP contribution in [0.1, 0.15) is 47.1 Å². The number of likely N-dealkylation sites (tertiary alicyclic amines) is 1. The standard InChI is InChI=1S/C23H39NO6SSi/c1-22(2,3)31(26,27)21-18(15-30-32(9,10)23(4,5)6)20(25)24(21)14-16-11-12-17(28-7)13-19(16)29-8/h11-13,18,21H,14-15H2,1-10H3/t18-,21+/m0/s1. The van der Waals surface area contributed by atoms with E-state index < -0.39 is 34.2 Å². The van der Waals surface area contributed by atoms with Crippen molar-refractivity contribution in [2.45, 2.75) is 76.3 Å². The Morgan fingerprint density at radius 1 is 1.03 bits per heavy atom. The lowest BCUT2D eigenvalue weighted by Crippen LogP contribution is -2.67. The Labute approximate surface area is 194 Å². The first-order valence-electron chi connectivity index (χ1n) is 10.9. The van der Waals surface area contributed by atoms with Crippen molar-refractivity contribution in [3.8, 4) is 11.5 Å². The quantitative estimate of drug-likeness (QED) is 0.405. The topological polar surface area (TPSA) is 82.1 Å². The number of amides is 1. The van der Waals surface area contributed by atoms with E-state index >= 15 is 0 Å². The van der Waals surface area contributed by atoms with Crippen LogP contribution in [-0.4, -0.2) is 58.5 Å². The molecule has 1 aliphatic heterocycles. The maximum absolute atomic E-state index is 13.5. The van der Waals surface area contributed by atoms with Crippen LogP contribution in [0.15, 0.2) is 18.2 Å². The molecule has 0 aliphatic carbocycles. The zero-order chi connectivity index (χ0) is 24.7. The second-order valence-corrected chi connectivity index (χ2v) is 18.5. The van der Waals surface area contributed by atoms with Crippen LogP contribution >= 0.6 is 0 Å². The fourth-order valence-electron chi connectivity index (χ4n) is 3.34. The van der Waals surface area contributed by atoms with E-state index in [1.54, 1.807) is 46.1 Å². The van der Waals surface area contributed by atoms with Crippen LogP contribution in [0.2, 0.25) is 18.1 Å². The summed E-state index contributed by atoms with van der Waals surface area (Å²) in [6.07, 6.45) is 0. The van der Waals surface area contributed by atoms with Crippen molar-refractivity contribution in [1.29, 1.82) is 0 Å². The minimum atomic E-state index is -3.65. The minimum Gasteiger partial charge on any atom is -0.497 e. The van der Waals surface area contributed by atoms with Crippen molar-refractivity contribution in [3.63, 3.8) is 0 Å². The maximum atomic E-state index is 13.5. The zero-order valence-corrected chi connectivity index (χ0v) is 22.9. The fourth-order valence-corrected chi connectivity index (χ4v) is 6.24. The van der Waals surface area contributed by atoms with Gasteiger partial charge in [-0.1, -0.05) is 20.8 Å². The molecule has 0 bridgehead atoms. The molecule has 1 heterocycles. The Balaban J connectivity index is 2.37. The van der Waals surface area contributed by atoms with E-state index in [2.05, 4.69) is 33.9 Å². The fraction of sp³-hybridized carbons (Fsp3) is 0.696. The number of carbonyl (C=O) groups is 1. The molecule has 0 aromatic heterocycles. The molecule has 0 N–H and O–H groups in total. The molecule has 2 rings (SSSR count). The van der Waals surface area contributed by atoms with Crippen LogP contribution in [0.3, 0.4) is 0 Å². The smallest absolute Gasteiger partial charge is 0.232 e. The van der Waals surface area contributed by atoms with Crippen LogP contribution in [0.5, 0.6) is 11.5 Å². The van der Waals surface area contributed by atoms with Crippen molar-refractivity contribution < 1.29 is 27.1 Å². The van der Waals surface area contributed by atoms with Crippen molar-refractivity contribution >= 4 is 24.1 Å². The molecule has 32 heavy (non-hydrogen) atoms. The molecule has 7 nitrogen and oxygen atoms in total. The highest BCUT2D eigenvalue weighted by atomic mass is 32.2. The van der Waals surface area contributed by atoms with Crippen LogP contribution in [0, 0.1) is 5.92 Å². The molecule has 1 aliphatic rings. The van der Waals surface area contributed by atoms with Crippen molar-refractivity contribution in [3.05, 3.63) is 23.8 Å². The summed E-state index contributed by atoms with van der Waals surface area (Å²) < 4.78 is 42.9. The Bertz CT molecular complexity index is 946. The van der Waals surface area contributed by atoms with Crippen LogP contribution in [0.25, 0.3) is 0 Å². The van der Waals surface area contributed by atoms with E-state index in [4.69, 9.17) is 13.9 Å². The van der Waals surface area contributed by atoms with Gasteiger partial charge in [-0.05, 0) is 51.0 Å². The van der Waals surface area contributed by atoms with E-state index in [1.165, 1.54) is 12.0 Å². The summed E-state index contributed by atoms with van der Waals surface area (Å²) in [5.74, 6) is 0.252. The van der Waals surface area contributed by atoms with E-state index in [0.717, 1.165) is 5.56 Å². The number of sulfone groups is 1. The Morgan fingerprint density at radius 2 is 1.62 bits per heavy atom. The Morgan fingerprint density at radius 3 is 2.09 bits per heavy atom. The number of carbonyl (C=O) groups excluding carboxylic acids is 1. The Kier molecular flexibility index (Phi) is 7.49. The van der Waals surface area contributed by atoms with E-state index in [-0.39, 0.29) is 24.1 Å². The SMILES string of the molecule is COc1ccc(CN2C(=O)[C@H](CO[Si](C)(C)C(C)(C)C)[C@H]2S(=O)(=O)C(C)(C)C)c(OC)c1. The molecule has 2 atom stereocenters. The summed E-state index contributed by atoms with van der Waals surface area (Å²) in [6, 6.07) is 5.30. The van der Waals surface area contributed by atoms with Gasteiger partial charge in [0.2, 0.25) is 5.91 Å². The van der Waals surface area contributed by atoms with Gasteiger partial charge < -0.3 is 18.8 Å². The van der Waals surface area contributed by atoms with Gasteiger partial charge in [-0.25, -0.2) is 8.42 Å². The molecule has 0 spiro atoms. The summed E-state index contributed by atoms with van der Waals surface area (Å²) in [5, 5.41) is -0.972. The van der Waals surface area contributed by atoms with Crippen LogP contribution < -0.4 is 9.47 Å². The average Bonchev–Trinajstić information content (AvgIpc) is 2.67. The zero-order valence-electron chi connectivity index (χ0n) is 21.1. The summed E-state index contributed by atoms with van der Waals surface area (Å²) in [5.41, 5.74) is 0.722. The summed E-state index contributed by atoms with van der Waals surface area (Å²) in [6.45, 7) is 15.8. The highest BCUT2D eigenvalue weighted by Gasteiger charge is 2.57. The third-order valence-corrected chi connectivity index (χ3v) is 14.1. The number of benzene rings is 1. The second-order valence-electron chi connectivity index (χ2n) is 10.9. The lowest BCUT2D eigenvalue weighted by molar-refractivity contribution is -0.154. The van der Waals surface area contributed by atoms with Crippen molar-refractivity contribution in [1.82, 2.24) is 4.90 Å². The first-order chi connectivity index (χ1) is 14.5. The number of ether oxygens (including phenoxy) is 2. The van der Waals surface area contributed by atoms with Crippen LogP contribution in [0.4, 0.5) is 0 Å². The monoisotopic (exact) mass is 485 g/mol. The molecule has 182 valence electrons. The highest BCUT2D eigenvalue weighted by Crippen LogP contribution is 2.42. The molecule has 1 amide bonds. The minimum absolute atomic E-state index is 0.0334. The van der Waals surface area contributed by atoms with Gasteiger partial charge in [0.15, 0.2) is 18.2 Å². The van der Waals surface area contributed by atoms with Gasteiger partial charge in [0.25, 0.3) is 0 Å². The number of hydrogen-bond acceptors (Lipinski definition) is 6. The third kappa shape index (κ3) is 4.99. The average molecular weight is 486 g/mol.